The molecule has 0 aromatic heterocycles. The SMILES string of the molecule is Cc1cc(OCNC(=O)NCCc2ccccc2F)cc(C)c1Cl. The Hall–Kier alpha value is -2.27. The van der Waals surface area contributed by atoms with E-state index in [4.69, 9.17) is 16.3 Å². The van der Waals surface area contributed by atoms with Gasteiger partial charge in [0, 0.05) is 11.6 Å². The van der Waals surface area contributed by atoms with Crippen molar-refractivity contribution in [3.8, 4) is 5.75 Å². The summed E-state index contributed by atoms with van der Waals surface area (Å²) in [7, 11) is 0. The van der Waals surface area contributed by atoms with Crippen LogP contribution in [0.2, 0.25) is 5.02 Å². The number of rotatable bonds is 6. The highest BCUT2D eigenvalue weighted by Gasteiger charge is 2.05. The third kappa shape index (κ3) is 5.13. The number of benzene rings is 2. The van der Waals surface area contributed by atoms with Crippen LogP contribution >= 0.6 is 11.6 Å². The van der Waals surface area contributed by atoms with E-state index in [1.807, 2.05) is 26.0 Å². The van der Waals surface area contributed by atoms with E-state index < -0.39 is 0 Å². The number of carbonyl (C=O) groups excluding carboxylic acids is 1. The molecule has 0 heterocycles. The van der Waals surface area contributed by atoms with Crippen molar-refractivity contribution in [2.24, 2.45) is 0 Å². The third-order valence-corrected chi connectivity index (χ3v) is 4.12. The Labute approximate surface area is 146 Å². The van der Waals surface area contributed by atoms with E-state index in [0.29, 0.717) is 29.3 Å². The topological polar surface area (TPSA) is 50.4 Å². The Morgan fingerprint density at radius 1 is 1.17 bits per heavy atom. The zero-order chi connectivity index (χ0) is 17.5. The fourth-order valence-electron chi connectivity index (χ4n) is 2.25. The maximum atomic E-state index is 13.4. The Morgan fingerprint density at radius 3 is 2.50 bits per heavy atom. The summed E-state index contributed by atoms with van der Waals surface area (Å²) in [4.78, 5) is 11.7. The second-order valence-electron chi connectivity index (χ2n) is 5.43. The van der Waals surface area contributed by atoms with Crippen molar-refractivity contribution in [1.82, 2.24) is 10.6 Å². The van der Waals surface area contributed by atoms with Crippen molar-refractivity contribution in [3.63, 3.8) is 0 Å². The monoisotopic (exact) mass is 350 g/mol. The zero-order valence-corrected chi connectivity index (χ0v) is 14.4. The molecular formula is C18H20ClFN2O2. The molecule has 0 aliphatic rings. The van der Waals surface area contributed by atoms with Gasteiger partial charge in [-0.25, -0.2) is 9.18 Å². The van der Waals surface area contributed by atoms with Gasteiger partial charge in [0.15, 0.2) is 6.73 Å². The molecular weight excluding hydrogens is 331 g/mol. The van der Waals surface area contributed by atoms with Gasteiger partial charge >= 0.3 is 6.03 Å². The van der Waals surface area contributed by atoms with Gasteiger partial charge < -0.3 is 15.4 Å². The molecule has 0 saturated heterocycles. The summed E-state index contributed by atoms with van der Waals surface area (Å²) in [5.74, 6) is 0.373. The van der Waals surface area contributed by atoms with Crippen LogP contribution in [-0.2, 0) is 6.42 Å². The molecule has 0 saturated carbocycles. The molecule has 0 atom stereocenters. The van der Waals surface area contributed by atoms with Gasteiger partial charge in [-0.2, -0.15) is 0 Å². The lowest BCUT2D eigenvalue weighted by Crippen LogP contribution is -2.38. The van der Waals surface area contributed by atoms with Crippen LogP contribution < -0.4 is 15.4 Å². The summed E-state index contributed by atoms with van der Waals surface area (Å²) in [5, 5.41) is 5.95. The third-order valence-electron chi connectivity index (χ3n) is 3.52. The number of hydrogen-bond acceptors (Lipinski definition) is 2. The molecule has 4 nitrogen and oxygen atoms in total. The van der Waals surface area contributed by atoms with Crippen molar-refractivity contribution < 1.29 is 13.9 Å². The molecule has 2 amide bonds. The average Bonchev–Trinajstić information content (AvgIpc) is 2.54. The van der Waals surface area contributed by atoms with E-state index in [-0.39, 0.29) is 18.6 Å². The van der Waals surface area contributed by atoms with E-state index in [0.717, 1.165) is 11.1 Å². The van der Waals surface area contributed by atoms with Crippen LogP contribution in [0.1, 0.15) is 16.7 Å². The zero-order valence-electron chi connectivity index (χ0n) is 13.7. The van der Waals surface area contributed by atoms with Gasteiger partial charge in [0.25, 0.3) is 0 Å². The first-order valence-corrected chi connectivity index (χ1v) is 8.00. The summed E-state index contributed by atoms with van der Waals surface area (Å²) >= 11 is 6.09. The molecule has 0 aliphatic carbocycles. The molecule has 0 fully saturated rings. The average molecular weight is 351 g/mol. The lowest BCUT2D eigenvalue weighted by molar-refractivity contribution is 0.224. The Bertz CT molecular complexity index is 699. The predicted molar refractivity (Wildman–Crippen MR) is 93.1 cm³/mol. The molecule has 2 N–H and O–H groups in total. The molecule has 0 bridgehead atoms. The highest BCUT2D eigenvalue weighted by molar-refractivity contribution is 6.32. The molecule has 6 heteroatoms. The highest BCUT2D eigenvalue weighted by Crippen LogP contribution is 2.25. The van der Waals surface area contributed by atoms with Crippen LogP contribution in [-0.4, -0.2) is 19.3 Å². The second kappa shape index (κ2) is 8.55. The molecule has 0 aliphatic heterocycles. The molecule has 0 spiro atoms. The van der Waals surface area contributed by atoms with Crippen LogP contribution in [0.25, 0.3) is 0 Å². The number of urea groups is 1. The Balaban J connectivity index is 1.71. The van der Waals surface area contributed by atoms with Crippen molar-refractivity contribution in [2.75, 3.05) is 13.3 Å². The normalized spacial score (nSPS) is 10.3. The number of aryl methyl sites for hydroxylation is 2. The standard InChI is InChI=1S/C18H20ClFN2O2/c1-12-9-15(10-13(2)17(12)19)24-11-22-18(23)21-8-7-14-5-3-4-6-16(14)20/h3-6,9-10H,7-8,11H2,1-2H3,(H2,21,22,23). The van der Waals surface area contributed by atoms with Crippen molar-refractivity contribution in [3.05, 3.63) is 63.9 Å². The minimum absolute atomic E-state index is 0.0338. The van der Waals surface area contributed by atoms with Gasteiger partial charge in [0.2, 0.25) is 0 Å². The second-order valence-corrected chi connectivity index (χ2v) is 5.81. The first-order valence-electron chi connectivity index (χ1n) is 7.62. The molecule has 2 aromatic rings. The number of carbonyl (C=O) groups is 1. The first-order chi connectivity index (χ1) is 11.5. The summed E-state index contributed by atoms with van der Waals surface area (Å²) in [6.07, 6.45) is 0.427. The van der Waals surface area contributed by atoms with Crippen molar-refractivity contribution >= 4 is 17.6 Å². The van der Waals surface area contributed by atoms with E-state index >= 15 is 0 Å². The molecule has 2 rings (SSSR count). The van der Waals surface area contributed by atoms with E-state index in [1.54, 1.807) is 18.2 Å². The van der Waals surface area contributed by atoms with Crippen LogP contribution in [0.15, 0.2) is 36.4 Å². The fraction of sp³-hybridized carbons (Fsp3) is 0.278. The lowest BCUT2D eigenvalue weighted by atomic mass is 10.1. The van der Waals surface area contributed by atoms with E-state index in [9.17, 15) is 9.18 Å². The first kappa shape index (κ1) is 18.1. The van der Waals surface area contributed by atoms with Gasteiger partial charge in [-0.1, -0.05) is 29.8 Å². The summed E-state index contributed by atoms with van der Waals surface area (Å²) in [6, 6.07) is 9.76. The van der Waals surface area contributed by atoms with Crippen LogP contribution in [0, 0.1) is 19.7 Å². The van der Waals surface area contributed by atoms with Gasteiger partial charge in [-0.05, 0) is 55.2 Å². The minimum Gasteiger partial charge on any atom is -0.473 e. The summed E-state index contributed by atoms with van der Waals surface area (Å²) in [5.41, 5.74) is 2.41. The molecule has 128 valence electrons. The van der Waals surface area contributed by atoms with Gasteiger partial charge in [0.05, 0.1) is 0 Å². The maximum Gasteiger partial charge on any atom is 0.317 e. The van der Waals surface area contributed by atoms with Gasteiger partial charge in [-0.3, -0.25) is 0 Å². The quantitative estimate of drug-likeness (QED) is 0.774. The number of ether oxygens (including phenoxy) is 1. The fourth-order valence-corrected chi connectivity index (χ4v) is 2.36. The van der Waals surface area contributed by atoms with Gasteiger partial charge in [-0.15, -0.1) is 0 Å². The number of halogens is 2. The Morgan fingerprint density at radius 2 is 1.83 bits per heavy atom. The lowest BCUT2D eigenvalue weighted by Gasteiger charge is -2.11. The Kier molecular flexibility index (Phi) is 6.44. The van der Waals surface area contributed by atoms with Crippen molar-refractivity contribution in [1.29, 1.82) is 0 Å². The van der Waals surface area contributed by atoms with Crippen LogP contribution in [0.5, 0.6) is 5.75 Å². The highest BCUT2D eigenvalue weighted by atomic mass is 35.5. The van der Waals surface area contributed by atoms with E-state index in [2.05, 4.69) is 10.6 Å². The van der Waals surface area contributed by atoms with Gasteiger partial charge in [0.1, 0.15) is 11.6 Å². The van der Waals surface area contributed by atoms with Crippen LogP contribution in [0.4, 0.5) is 9.18 Å². The van der Waals surface area contributed by atoms with E-state index in [1.165, 1.54) is 6.07 Å². The number of nitrogens with one attached hydrogen (secondary N) is 2. The summed E-state index contributed by atoms with van der Waals surface area (Å²) < 4.78 is 18.9. The van der Waals surface area contributed by atoms with Crippen molar-refractivity contribution in [2.45, 2.75) is 20.3 Å². The summed E-state index contributed by atoms with van der Waals surface area (Å²) in [6.45, 7) is 4.16. The minimum atomic E-state index is -0.367. The molecule has 24 heavy (non-hydrogen) atoms. The molecule has 0 unspecified atom stereocenters. The number of hydrogen-bond donors (Lipinski definition) is 2. The molecule has 0 radical (unpaired) electrons. The molecule has 2 aromatic carbocycles. The maximum absolute atomic E-state index is 13.4. The number of amides is 2. The predicted octanol–water partition coefficient (Wildman–Crippen LogP) is 3.97. The smallest absolute Gasteiger partial charge is 0.317 e. The largest absolute Gasteiger partial charge is 0.473 e. The van der Waals surface area contributed by atoms with Crippen LogP contribution in [0.3, 0.4) is 0 Å².